The molecule has 0 aromatic heterocycles. The summed E-state index contributed by atoms with van der Waals surface area (Å²) in [6.45, 7) is 1.35. The number of hydrogen-bond donors (Lipinski definition) is 5. The Kier molecular flexibility index (Phi) is 6.66. The van der Waals surface area contributed by atoms with E-state index in [0.717, 1.165) is 0 Å². The summed E-state index contributed by atoms with van der Waals surface area (Å²) in [6.07, 6.45) is -0.719. The molecule has 222 valence electrons. The summed E-state index contributed by atoms with van der Waals surface area (Å²) in [4.78, 5) is 81.2. The van der Waals surface area contributed by atoms with Gasteiger partial charge >= 0.3 is 0 Å². The van der Waals surface area contributed by atoms with Crippen molar-refractivity contribution in [1.29, 1.82) is 5.26 Å². The number of aromatic hydroxyl groups is 1. The van der Waals surface area contributed by atoms with Crippen LogP contribution in [0.5, 0.6) is 5.75 Å². The van der Waals surface area contributed by atoms with Crippen molar-refractivity contribution in [1.82, 2.24) is 4.90 Å². The van der Waals surface area contributed by atoms with Gasteiger partial charge in [0.25, 0.3) is 0 Å². The Morgan fingerprint density at radius 2 is 1.77 bits per heavy atom. The summed E-state index contributed by atoms with van der Waals surface area (Å²) < 4.78 is 0. The molecule has 2 saturated carbocycles. The van der Waals surface area contributed by atoms with E-state index in [4.69, 9.17) is 17.2 Å². The molecular formula is C30H30N6O7. The van der Waals surface area contributed by atoms with Gasteiger partial charge in [-0.2, -0.15) is 5.26 Å². The highest BCUT2D eigenvalue weighted by atomic mass is 16.3. The number of carbonyl (C=O) groups is 6. The smallest absolute Gasteiger partial charge is 0.235 e. The molecule has 2 amide bonds. The third-order valence-corrected chi connectivity index (χ3v) is 8.97. The van der Waals surface area contributed by atoms with Crippen LogP contribution >= 0.6 is 0 Å². The third kappa shape index (κ3) is 3.87. The number of hydrogen-bond acceptors (Lipinski definition) is 11. The van der Waals surface area contributed by atoms with Gasteiger partial charge in [0, 0.05) is 18.2 Å². The number of phenols is 1. The molecule has 8 N–H and O–H groups in total. The summed E-state index contributed by atoms with van der Waals surface area (Å²) in [7, 11) is 2.87. The van der Waals surface area contributed by atoms with Crippen molar-refractivity contribution < 1.29 is 33.9 Å². The van der Waals surface area contributed by atoms with Crippen molar-refractivity contribution in [3.05, 3.63) is 47.5 Å². The SMILES string of the molecule is CC(=O)Nc1cccc(-c2ccc(O)c3c2C[C@@]2(N)C[C@@]4(N)[C@H](N(C)C)C(=O)C(C(N)=O)C(=O)[C@@]4(C#N)C(=O)C2C3=O)c1. The molecule has 2 unspecified atom stereocenters. The summed E-state index contributed by atoms with van der Waals surface area (Å²) >= 11 is 0. The van der Waals surface area contributed by atoms with E-state index in [9.17, 15) is 39.1 Å². The first-order chi connectivity index (χ1) is 20.1. The lowest BCUT2D eigenvalue weighted by molar-refractivity contribution is -0.166. The second-order valence-corrected chi connectivity index (χ2v) is 11.9. The molecule has 3 aliphatic rings. The predicted octanol–water partition coefficient (Wildman–Crippen LogP) is -0.566. The van der Waals surface area contributed by atoms with Crippen LogP contribution in [0.2, 0.25) is 0 Å². The number of Topliss-reactive ketones (excluding diaryl/α,β-unsaturated/α-hetero) is 4. The highest BCUT2D eigenvalue weighted by Crippen LogP contribution is 2.57. The normalized spacial score (nSPS) is 31.5. The first kappa shape index (κ1) is 29.7. The van der Waals surface area contributed by atoms with Gasteiger partial charge in [0.2, 0.25) is 11.8 Å². The van der Waals surface area contributed by atoms with Gasteiger partial charge in [-0.3, -0.25) is 33.7 Å². The number of ketones is 4. The van der Waals surface area contributed by atoms with Crippen molar-refractivity contribution in [2.75, 3.05) is 19.4 Å². The van der Waals surface area contributed by atoms with Crippen LogP contribution in [-0.2, 0) is 30.4 Å². The van der Waals surface area contributed by atoms with Crippen molar-refractivity contribution in [3.8, 4) is 22.9 Å². The quantitative estimate of drug-likeness (QED) is 0.284. The molecule has 0 spiro atoms. The zero-order valence-corrected chi connectivity index (χ0v) is 23.6. The maximum absolute atomic E-state index is 14.4. The molecule has 6 atom stereocenters. The van der Waals surface area contributed by atoms with Crippen LogP contribution in [0.4, 0.5) is 5.69 Å². The number of nitriles is 1. The average molecular weight is 587 g/mol. The number of benzene rings is 2. The number of likely N-dealkylation sites (N-methyl/N-ethyl adjacent to an activating group) is 1. The van der Waals surface area contributed by atoms with Crippen molar-refractivity contribution in [3.63, 3.8) is 0 Å². The first-order valence-corrected chi connectivity index (χ1v) is 13.4. The molecule has 0 radical (unpaired) electrons. The minimum absolute atomic E-state index is 0.208. The number of fused-ring (bicyclic) bond motifs is 3. The maximum Gasteiger partial charge on any atom is 0.235 e. The lowest BCUT2D eigenvalue weighted by Gasteiger charge is -2.60. The summed E-state index contributed by atoms with van der Waals surface area (Å²) in [5, 5.41) is 24.0. The molecule has 0 bridgehead atoms. The van der Waals surface area contributed by atoms with Gasteiger partial charge in [-0.1, -0.05) is 18.2 Å². The van der Waals surface area contributed by atoms with E-state index >= 15 is 0 Å². The topological polar surface area (TPSA) is 240 Å². The Hall–Kier alpha value is -4.77. The van der Waals surface area contributed by atoms with Crippen LogP contribution in [0.15, 0.2) is 36.4 Å². The fraction of sp³-hybridized carbons (Fsp3) is 0.367. The van der Waals surface area contributed by atoms with Crippen LogP contribution in [-0.4, -0.2) is 76.2 Å². The molecule has 13 heteroatoms. The standard InChI is InChI=1S/C30H30N6O7/c1-13(37)35-15-6-4-5-14(9-15)16-7-8-18(38)19-17(16)10-28(33)11-30(34)24(36(2)3)23(40)20(27(32)43)25(41)29(30,12-31)26(42)21(28)22(19)39/h4-9,20-21,24,38H,10-11,33-34H2,1-3H3,(H2,32,43)(H,35,37)/t20?,21?,24-,28-,29+,30-/m1/s1. The zero-order valence-electron chi connectivity index (χ0n) is 23.6. The Morgan fingerprint density at radius 1 is 1.09 bits per heavy atom. The monoisotopic (exact) mass is 586 g/mol. The minimum Gasteiger partial charge on any atom is -0.507 e. The van der Waals surface area contributed by atoms with Gasteiger partial charge in [0.05, 0.1) is 23.2 Å². The molecule has 0 saturated heterocycles. The van der Waals surface area contributed by atoms with Crippen molar-refractivity contribution >= 4 is 40.6 Å². The molecule has 0 aliphatic heterocycles. The van der Waals surface area contributed by atoms with E-state index in [1.807, 2.05) is 0 Å². The fourth-order valence-corrected chi connectivity index (χ4v) is 7.45. The number of nitrogens with two attached hydrogens (primary N) is 3. The number of nitrogens with zero attached hydrogens (tertiary/aromatic N) is 2. The largest absolute Gasteiger partial charge is 0.507 e. The third-order valence-electron chi connectivity index (χ3n) is 8.97. The van der Waals surface area contributed by atoms with E-state index in [1.165, 1.54) is 32.0 Å². The molecule has 43 heavy (non-hydrogen) atoms. The fourth-order valence-electron chi connectivity index (χ4n) is 7.45. The zero-order chi connectivity index (χ0) is 31.8. The van der Waals surface area contributed by atoms with Crippen LogP contribution in [0.1, 0.15) is 29.3 Å². The van der Waals surface area contributed by atoms with Gasteiger partial charge in [-0.05, 0) is 61.8 Å². The number of amides is 2. The molecule has 5 rings (SSSR count). The summed E-state index contributed by atoms with van der Waals surface area (Å²) in [5.74, 6) is -10.6. The van der Waals surface area contributed by atoms with Crippen molar-refractivity contribution in [2.24, 2.45) is 34.5 Å². The van der Waals surface area contributed by atoms with Gasteiger partial charge < -0.3 is 27.6 Å². The van der Waals surface area contributed by atoms with Crippen LogP contribution in [0.25, 0.3) is 11.1 Å². The summed E-state index contributed by atoms with van der Waals surface area (Å²) in [5.41, 5.74) is 13.9. The average Bonchev–Trinajstić information content (AvgIpc) is 2.87. The van der Waals surface area contributed by atoms with Crippen LogP contribution < -0.4 is 22.5 Å². The predicted molar refractivity (Wildman–Crippen MR) is 151 cm³/mol. The Balaban J connectivity index is 1.75. The first-order valence-electron chi connectivity index (χ1n) is 13.4. The van der Waals surface area contributed by atoms with Crippen LogP contribution in [0.3, 0.4) is 0 Å². The molecule has 13 nitrogen and oxygen atoms in total. The van der Waals surface area contributed by atoms with Crippen molar-refractivity contribution in [2.45, 2.75) is 36.9 Å². The number of carbonyl (C=O) groups excluding carboxylic acids is 6. The summed E-state index contributed by atoms with van der Waals surface area (Å²) in [6, 6.07) is 9.76. The molecule has 0 heterocycles. The number of phenolic OH excluding ortho intramolecular Hbond substituents is 1. The van der Waals surface area contributed by atoms with E-state index in [2.05, 4.69) is 5.32 Å². The van der Waals surface area contributed by atoms with Crippen LogP contribution in [0, 0.1) is 28.6 Å². The lowest BCUT2D eigenvalue weighted by Crippen LogP contribution is -2.85. The maximum atomic E-state index is 14.4. The van der Waals surface area contributed by atoms with Gasteiger partial charge in [0.15, 0.2) is 34.5 Å². The Morgan fingerprint density at radius 3 is 2.35 bits per heavy atom. The molecule has 2 aromatic carbocycles. The Labute approximate surface area is 246 Å². The van der Waals surface area contributed by atoms with Gasteiger partial charge in [-0.15, -0.1) is 0 Å². The number of nitrogens with one attached hydrogen (secondary N) is 1. The van der Waals surface area contributed by atoms with E-state index in [0.29, 0.717) is 16.8 Å². The molecule has 3 aliphatic carbocycles. The number of rotatable bonds is 4. The highest BCUT2D eigenvalue weighted by Gasteiger charge is 2.78. The molecular weight excluding hydrogens is 556 g/mol. The van der Waals surface area contributed by atoms with E-state index in [1.54, 1.807) is 36.4 Å². The highest BCUT2D eigenvalue weighted by molar-refractivity contribution is 6.33. The van der Waals surface area contributed by atoms with Gasteiger partial charge in [-0.25, -0.2) is 0 Å². The minimum atomic E-state index is -2.81. The lowest BCUT2D eigenvalue weighted by atomic mass is 9.42. The Bertz CT molecular complexity index is 1710. The number of anilines is 1. The molecule has 2 fully saturated rings. The second kappa shape index (κ2) is 9.63. The number of primary amides is 1. The molecule has 2 aromatic rings. The van der Waals surface area contributed by atoms with E-state index < -0.39 is 75.6 Å². The van der Waals surface area contributed by atoms with Gasteiger partial charge in [0.1, 0.15) is 11.7 Å². The van der Waals surface area contributed by atoms with E-state index in [-0.39, 0.29) is 23.5 Å². The second-order valence-electron chi connectivity index (χ2n) is 11.9.